The second kappa shape index (κ2) is 8.92. The fourth-order valence-electron chi connectivity index (χ4n) is 2.04. The summed E-state index contributed by atoms with van der Waals surface area (Å²) < 4.78 is 5.76. The smallest absolute Gasteiger partial charge is 0.119 e. The Balaban J connectivity index is 1.88. The Morgan fingerprint density at radius 1 is 1.05 bits per heavy atom. The molecule has 0 aromatic heterocycles. The third kappa shape index (κ3) is 5.27. The Labute approximate surface area is 133 Å². The summed E-state index contributed by atoms with van der Waals surface area (Å²) in [6.07, 6.45) is 3.21. The number of hydrogen-bond acceptors (Lipinski definition) is 2. The molecule has 2 aromatic rings. The molecule has 2 nitrogen and oxygen atoms in total. The summed E-state index contributed by atoms with van der Waals surface area (Å²) in [5.41, 5.74) is 8.26. The van der Waals surface area contributed by atoms with E-state index in [2.05, 4.69) is 30.9 Å². The predicted octanol–water partition coefficient (Wildman–Crippen LogP) is 4.46. The molecule has 0 aliphatic carbocycles. The maximum absolute atomic E-state index is 6.08. The van der Waals surface area contributed by atoms with Crippen LogP contribution in [0.2, 0.25) is 0 Å². The second-order valence-corrected chi connectivity index (χ2v) is 5.25. The van der Waals surface area contributed by atoms with E-state index in [1.54, 1.807) is 0 Å². The SMILES string of the molecule is CCCCC#CC(N)c1ccc(OCc2ccccc2)cc1. The number of unbranched alkanes of at least 4 members (excludes halogenated alkanes) is 2. The minimum absolute atomic E-state index is 0.222. The van der Waals surface area contributed by atoms with Gasteiger partial charge in [-0.2, -0.15) is 0 Å². The van der Waals surface area contributed by atoms with Crippen LogP contribution in [0.25, 0.3) is 0 Å². The van der Waals surface area contributed by atoms with Crippen LogP contribution in [0, 0.1) is 11.8 Å². The van der Waals surface area contributed by atoms with E-state index >= 15 is 0 Å². The van der Waals surface area contributed by atoms with E-state index in [0.717, 1.165) is 36.1 Å². The van der Waals surface area contributed by atoms with Crippen LogP contribution < -0.4 is 10.5 Å². The van der Waals surface area contributed by atoms with Crippen molar-refractivity contribution in [1.29, 1.82) is 0 Å². The van der Waals surface area contributed by atoms with Gasteiger partial charge in [-0.25, -0.2) is 0 Å². The van der Waals surface area contributed by atoms with Gasteiger partial charge >= 0.3 is 0 Å². The first-order valence-electron chi connectivity index (χ1n) is 7.80. The summed E-state index contributed by atoms with van der Waals surface area (Å²) in [5.74, 6) is 7.08. The quantitative estimate of drug-likeness (QED) is 0.630. The van der Waals surface area contributed by atoms with Crippen molar-refractivity contribution in [3.05, 3.63) is 65.7 Å². The molecule has 0 fully saturated rings. The molecule has 0 saturated carbocycles. The zero-order chi connectivity index (χ0) is 15.6. The average molecular weight is 293 g/mol. The number of hydrogen-bond donors (Lipinski definition) is 1. The van der Waals surface area contributed by atoms with Gasteiger partial charge in [0.05, 0.1) is 6.04 Å². The fraction of sp³-hybridized carbons (Fsp3) is 0.300. The van der Waals surface area contributed by atoms with Crippen LogP contribution in [-0.4, -0.2) is 0 Å². The lowest BCUT2D eigenvalue weighted by molar-refractivity contribution is 0.306. The maximum atomic E-state index is 6.08. The lowest BCUT2D eigenvalue weighted by Gasteiger charge is -2.09. The molecule has 0 radical (unpaired) electrons. The molecule has 2 heteroatoms. The first kappa shape index (κ1) is 16.1. The van der Waals surface area contributed by atoms with Gasteiger partial charge in [-0.15, -0.1) is 5.92 Å². The molecule has 0 heterocycles. The summed E-state index contributed by atoms with van der Waals surface area (Å²) in [6, 6.07) is 17.8. The molecule has 2 N–H and O–H groups in total. The monoisotopic (exact) mass is 293 g/mol. The van der Waals surface area contributed by atoms with E-state index < -0.39 is 0 Å². The van der Waals surface area contributed by atoms with Crippen LogP contribution in [0.3, 0.4) is 0 Å². The van der Waals surface area contributed by atoms with Gasteiger partial charge in [-0.1, -0.05) is 61.7 Å². The molecule has 0 amide bonds. The van der Waals surface area contributed by atoms with E-state index in [0.29, 0.717) is 6.61 Å². The third-order valence-corrected chi connectivity index (χ3v) is 3.40. The molecule has 0 bridgehead atoms. The van der Waals surface area contributed by atoms with Gasteiger partial charge in [-0.05, 0) is 29.7 Å². The highest BCUT2D eigenvalue weighted by atomic mass is 16.5. The van der Waals surface area contributed by atoms with Gasteiger partial charge in [0.1, 0.15) is 12.4 Å². The van der Waals surface area contributed by atoms with Gasteiger partial charge in [0.2, 0.25) is 0 Å². The van der Waals surface area contributed by atoms with Crippen molar-refractivity contribution in [2.75, 3.05) is 0 Å². The third-order valence-electron chi connectivity index (χ3n) is 3.40. The molecule has 0 aliphatic rings. The van der Waals surface area contributed by atoms with Gasteiger partial charge in [-0.3, -0.25) is 0 Å². The number of ether oxygens (including phenoxy) is 1. The normalized spacial score (nSPS) is 11.4. The number of benzene rings is 2. The predicted molar refractivity (Wildman–Crippen MR) is 91.4 cm³/mol. The molecular weight excluding hydrogens is 270 g/mol. The zero-order valence-corrected chi connectivity index (χ0v) is 13.1. The van der Waals surface area contributed by atoms with Crippen LogP contribution in [0.5, 0.6) is 5.75 Å². The van der Waals surface area contributed by atoms with Gasteiger partial charge in [0, 0.05) is 6.42 Å². The van der Waals surface area contributed by atoms with Crippen LogP contribution in [0.1, 0.15) is 43.4 Å². The van der Waals surface area contributed by atoms with Gasteiger partial charge < -0.3 is 10.5 Å². The minimum Gasteiger partial charge on any atom is -0.489 e. The highest BCUT2D eigenvalue weighted by Gasteiger charge is 2.02. The van der Waals surface area contributed by atoms with E-state index in [4.69, 9.17) is 10.5 Å². The van der Waals surface area contributed by atoms with Crippen molar-refractivity contribution in [3.8, 4) is 17.6 Å². The molecule has 2 aromatic carbocycles. The molecule has 2 rings (SSSR count). The fourth-order valence-corrected chi connectivity index (χ4v) is 2.04. The average Bonchev–Trinajstić information content (AvgIpc) is 2.58. The van der Waals surface area contributed by atoms with E-state index in [-0.39, 0.29) is 6.04 Å². The molecular formula is C20H23NO. The van der Waals surface area contributed by atoms with Crippen molar-refractivity contribution in [3.63, 3.8) is 0 Å². The van der Waals surface area contributed by atoms with Crippen molar-refractivity contribution >= 4 is 0 Å². The molecule has 1 unspecified atom stereocenters. The lowest BCUT2D eigenvalue weighted by atomic mass is 10.1. The summed E-state index contributed by atoms with van der Waals surface area (Å²) in [4.78, 5) is 0. The van der Waals surface area contributed by atoms with Gasteiger partial charge in [0.15, 0.2) is 0 Å². The molecule has 114 valence electrons. The van der Waals surface area contributed by atoms with E-state index in [9.17, 15) is 0 Å². The summed E-state index contributed by atoms with van der Waals surface area (Å²) >= 11 is 0. The first-order valence-corrected chi connectivity index (χ1v) is 7.80. The van der Waals surface area contributed by atoms with Gasteiger partial charge in [0.25, 0.3) is 0 Å². The number of nitrogens with two attached hydrogens (primary N) is 1. The topological polar surface area (TPSA) is 35.2 Å². The Morgan fingerprint density at radius 2 is 1.77 bits per heavy atom. The Bertz CT molecular complexity index is 608. The Hall–Kier alpha value is -2.24. The molecule has 0 spiro atoms. The highest BCUT2D eigenvalue weighted by Crippen LogP contribution is 2.17. The maximum Gasteiger partial charge on any atom is 0.119 e. The second-order valence-electron chi connectivity index (χ2n) is 5.25. The summed E-state index contributed by atoms with van der Waals surface area (Å²) in [5, 5.41) is 0. The summed E-state index contributed by atoms with van der Waals surface area (Å²) in [7, 11) is 0. The molecule has 1 atom stereocenters. The highest BCUT2D eigenvalue weighted by molar-refractivity contribution is 5.33. The van der Waals surface area contributed by atoms with Crippen molar-refractivity contribution in [2.45, 2.75) is 38.8 Å². The molecule has 0 aliphatic heterocycles. The van der Waals surface area contributed by atoms with Crippen LogP contribution in [0.15, 0.2) is 54.6 Å². The molecule has 22 heavy (non-hydrogen) atoms. The van der Waals surface area contributed by atoms with Crippen molar-refractivity contribution < 1.29 is 4.74 Å². The number of rotatable bonds is 6. The Morgan fingerprint density at radius 3 is 2.45 bits per heavy atom. The van der Waals surface area contributed by atoms with E-state index in [1.165, 1.54) is 0 Å². The Kier molecular flexibility index (Phi) is 6.54. The van der Waals surface area contributed by atoms with Crippen molar-refractivity contribution in [1.82, 2.24) is 0 Å². The summed E-state index contributed by atoms with van der Waals surface area (Å²) in [6.45, 7) is 2.73. The van der Waals surface area contributed by atoms with Crippen LogP contribution in [0.4, 0.5) is 0 Å². The first-order chi connectivity index (χ1) is 10.8. The largest absolute Gasteiger partial charge is 0.489 e. The standard InChI is InChI=1S/C20H23NO/c1-2-3-4-8-11-20(21)18-12-14-19(15-13-18)22-16-17-9-6-5-7-10-17/h5-7,9-10,12-15,20H,2-4,16,21H2,1H3. The van der Waals surface area contributed by atoms with Crippen LogP contribution in [-0.2, 0) is 6.61 Å². The van der Waals surface area contributed by atoms with Crippen LogP contribution >= 0.6 is 0 Å². The minimum atomic E-state index is -0.222. The lowest BCUT2D eigenvalue weighted by Crippen LogP contribution is -2.07. The van der Waals surface area contributed by atoms with Crippen molar-refractivity contribution in [2.24, 2.45) is 5.73 Å². The van der Waals surface area contributed by atoms with E-state index in [1.807, 2.05) is 42.5 Å². The molecule has 0 saturated heterocycles. The zero-order valence-electron chi connectivity index (χ0n) is 13.1.